The molecule has 0 heterocycles. The minimum absolute atomic E-state index is 0.0799. The highest BCUT2D eigenvalue weighted by Crippen LogP contribution is 2.18. The van der Waals surface area contributed by atoms with Gasteiger partial charge in [-0.25, -0.2) is 0 Å². The Hall–Kier alpha value is -2.89. The number of nitrogens with one attached hydrogen (secondary N) is 3. The molecule has 0 aliphatic carbocycles. The molecule has 0 aromatic heterocycles. The molecule has 6 heteroatoms. The molecule has 0 saturated heterocycles. The van der Waals surface area contributed by atoms with Crippen LogP contribution in [-0.2, 0) is 20.9 Å². The van der Waals surface area contributed by atoms with Crippen LogP contribution in [0, 0.1) is 5.92 Å². The molecule has 0 unspecified atom stereocenters. The van der Waals surface area contributed by atoms with Crippen molar-refractivity contribution in [2.24, 2.45) is 5.92 Å². The summed E-state index contributed by atoms with van der Waals surface area (Å²) in [5.41, 5.74) is 0.730. The smallest absolute Gasteiger partial charge is 0.242 e. The van der Waals surface area contributed by atoms with Crippen LogP contribution in [0.2, 0.25) is 0 Å². The van der Waals surface area contributed by atoms with E-state index in [1.54, 1.807) is 6.92 Å². The summed E-state index contributed by atoms with van der Waals surface area (Å²) >= 11 is 0. The van der Waals surface area contributed by atoms with E-state index in [-0.39, 0.29) is 42.0 Å². The summed E-state index contributed by atoms with van der Waals surface area (Å²) in [6.07, 6.45) is 0.463. The molecule has 162 valence electrons. The Bertz CT molecular complexity index is 897. The molecule has 0 spiro atoms. The van der Waals surface area contributed by atoms with Gasteiger partial charge in [-0.05, 0) is 49.9 Å². The van der Waals surface area contributed by atoms with Crippen LogP contribution in [0.4, 0.5) is 0 Å². The lowest BCUT2D eigenvalue weighted by atomic mass is 10.0. The fourth-order valence-corrected chi connectivity index (χ4v) is 3.32. The van der Waals surface area contributed by atoms with Crippen LogP contribution in [-0.4, -0.2) is 29.3 Å². The minimum Gasteiger partial charge on any atom is -0.352 e. The highest BCUT2D eigenvalue weighted by molar-refractivity contribution is 5.89. The molecule has 6 nitrogen and oxygen atoms in total. The third-order valence-corrected chi connectivity index (χ3v) is 4.69. The van der Waals surface area contributed by atoms with Crippen LogP contribution in [0.1, 0.15) is 53.0 Å². The molecule has 0 aliphatic heterocycles. The summed E-state index contributed by atoms with van der Waals surface area (Å²) in [7, 11) is 0. The van der Waals surface area contributed by atoms with Crippen molar-refractivity contribution < 1.29 is 14.4 Å². The van der Waals surface area contributed by atoms with Crippen LogP contribution < -0.4 is 16.0 Å². The molecule has 0 aliphatic rings. The quantitative estimate of drug-likeness (QED) is 0.623. The second-order valence-electron chi connectivity index (χ2n) is 8.96. The van der Waals surface area contributed by atoms with Gasteiger partial charge in [0.25, 0.3) is 0 Å². The Kier molecular flexibility index (Phi) is 7.98. The van der Waals surface area contributed by atoms with Gasteiger partial charge in [-0.1, -0.05) is 49.4 Å². The van der Waals surface area contributed by atoms with E-state index in [0.717, 1.165) is 16.3 Å². The second kappa shape index (κ2) is 10.2. The van der Waals surface area contributed by atoms with Crippen molar-refractivity contribution in [3.63, 3.8) is 0 Å². The molecule has 2 atom stereocenters. The summed E-state index contributed by atoms with van der Waals surface area (Å²) in [4.78, 5) is 36.7. The van der Waals surface area contributed by atoms with E-state index in [4.69, 9.17) is 0 Å². The van der Waals surface area contributed by atoms with Crippen molar-refractivity contribution in [2.45, 2.75) is 65.6 Å². The SMILES string of the molecule is C[C@H](CC(=O)N[C@@H](C)C(=O)NCc1cccc2ccccc12)CC(=O)NC(C)(C)C. The fraction of sp³-hybridized carbons (Fsp3) is 0.458. The van der Waals surface area contributed by atoms with Crippen LogP contribution in [0.15, 0.2) is 42.5 Å². The largest absolute Gasteiger partial charge is 0.352 e. The van der Waals surface area contributed by atoms with Crippen LogP contribution in [0.5, 0.6) is 0 Å². The number of rotatable bonds is 8. The van der Waals surface area contributed by atoms with Crippen molar-refractivity contribution in [1.82, 2.24) is 16.0 Å². The lowest BCUT2D eigenvalue weighted by Crippen LogP contribution is -2.45. The zero-order valence-corrected chi connectivity index (χ0v) is 18.5. The van der Waals surface area contributed by atoms with Gasteiger partial charge in [-0.15, -0.1) is 0 Å². The van der Waals surface area contributed by atoms with Crippen molar-refractivity contribution in [1.29, 1.82) is 0 Å². The molecule has 0 fully saturated rings. The third kappa shape index (κ3) is 7.50. The van der Waals surface area contributed by atoms with Crippen LogP contribution in [0.3, 0.4) is 0 Å². The second-order valence-corrected chi connectivity index (χ2v) is 8.96. The van der Waals surface area contributed by atoms with Gasteiger partial charge < -0.3 is 16.0 Å². The van der Waals surface area contributed by atoms with Crippen molar-refractivity contribution in [2.75, 3.05) is 0 Å². The van der Waals surface area contributed by atoms with Gasteiger partial charge in [0.1, 0.15) is 6.04 Å². The first-order chi connectivity index (χ1) is 14.0. The first-order valence-electron chi connectivity index (χ1n) is 10.4. The number of fused-ring (bicyclic) bond motifs is 1. The topological polar surface area (TPSA) is 87.3 Å². The van der Waals surface area contributed by atoms with Gasteiger partial charge in [0.2, 0.25) is 17.7 Å². The normalized spacial score (nSPS) is 13.4. The number of hydrogen-bond donors (Lipinski definition) is 3. The summed E-state index contributed by atoms with van der Waals surface area (Å²) in [5.74, 6) is -0.671. The van der Waals surface area contributed by atoms with E-state index in [9.17, 15) is 14.4 Å². The van der Waals surface area contributed by atoms with E-state index in [0.29, 0.717) is 6.54 Å². The zero-order valence-electron chi connectivity index (χ0n) is 18.5. The van der Waals surface area contributed by atoms with E-state index >= 15 is 0 Å². The van der Waals surface area contributed by atoms with Crippen LogP contribution in [0.25, 0.3) is 10.8 Å². The Balaban J connectivity index is 1.80. The van der Waals surface area contributed by atoms with Gasteiger partial charge in [0, 0.05) is 24.9 Å². The maximum atomic E-state index is 12.4. The summed E-state index contributed by atoms with van der Waals surface area (Å²) in [6, 6.07) is 13.3. The molecule has 0 radical (unpaired) electrons. The highest BCUT2D eigenvalue weighted by Gasteiger charge is 2.20. The summed E-state index contributed by atoms with van der Waals surface area (Å²) < 4.78 is 0. The Labute approximate surface area is 178 Å². The lowest BCUT2D eigenvalue weighted by Gasteiger charge is -2.22. The first-order valence-corrected chi connectivity index (χ1v) is 10.4. The van der Waals surface area contributed by atoms with E-state index in [1.165, 1.54) is 0 Å². The average molecular weight is 412 g/mol. The maximum Gasteiger partial charge on any atom is 0.242 e. The van der Waals surface area contributed by atoms with Gasteiger partial charge in [-0.2, -0.15) is 0 Å². The molecule has 3 N–H and O–H groups in total. The lowest BCUT2D eigenvalue weighted by molar-refractivity contribution is -0.129. The fourth-order valence-electron chi connectivity index (χ4n) is 3.32. The molecule has 3 amide bonds. The first kappa shape index (κ1) is 23.4. The Morgan fingerprint density at radius 2 is 1.53 bits per heavy atom. The predicted molar refractivity (Wildman–Crippen MR) is 120 cm³/mol. The molecular weight excluding hydrogens is 378 g/mol. The van der Waals surface area contributed by atoms with Gasteiger partial charge in [0.05, 0.1) is 0 Å². The zero-order chi connectivity index (χ0) is 22.3. The van der Waals surface area contributed by atoms with Crippen LogP contribution >= 0.6 is 0 Å². The highest BCUT2D eigenvalue weighted by atomic mass is 16.2. The summed E-state index contributed by atoms with van der Waals surface area (Å²) in [5, 5.41) is 10.7. The van der Waals surface area contributed by atoms with Crippen molar-refractivity contribution >= 4 is 28.5 Å². The summed E-state index contributed by atoms with van der Waals surface area (Å²) in [6.45, 7) is 9.66. The van der Waals surface area contributed by atoms with Gasteiger partial charge in [-0.3, -0.25) is 14.4 Å². The van der Waals surface area contributed by atoms with E-state index < -0.39 is 6.04 Å². The molecule has 2 aromatic rings. The molecular formula is C24H33N3O3. The number of amides is 3. The van der Waals surface area contributed by atoms with E-state index in [2.05, 4.69) is 16.0 Å². The average Bonchev–Trinajstić information content (AvgIpc) is 2.63. The third-order valence-electron chi connectivity index (χ3n) is 4.69. The number of carbonyl (C=O) groups is 3. The standard InChI is InChI=1S/C24H33N3O3/c1-16(14-22(29)27-24(3,4)5)13-21(28)26-17(2)23(30)25-15-19-11-8-10-18-9-6-7-12-20(18)19/h6-12,16-17H,13-15H2,1-5H3,(H,25,30)(H,26,28)(H,27,29)/t16-,17+/m1/s1. The minimum atomic E-state index is -0.650. The van der Waals surface area contributed by atoms with Gasteiger partial charge >= 0.3 is 0 Å². The molecule has 0 saturated carbocycles. The predicted octanol–water partition coefficient (Wildman–Crippen LogP) is 3.29. The van der Waals surface area contributed by atoms with E-state index in [1.807, 2.05) is 70.2 Å². The molecule has 30 heavy (non-hydrogen) atoms. The van der Waals surface area contributed by atoms with Crippen molar-refractivity contribution in [3.8, 4) is 0 Å². The maximum absolute atomic E-state index is 12.4. The monoisotopic (exact) mass is 411 g/mol. The van der Waals surface area contributed by atoms with Gasteiger partial charge in [0.15, 0.2) is 0 Å². The Morgan fingerprint density at radius 1 is 0.900 bits per heavy atom. The molecule has 0 bridgehead atoms. The Morgan fingerprint density at radius 3 is 2.23 bits per heavy atom. The molecule has 2 rings (SSSR count). The number of carbonyl (C=O) groups excluding carboxylic acids is 3. The number of benzene rings is 2. The number of hydrogen-bond acceptors (Lipinski definition) is 3. The van der Waals surface area contributed by atoms with Crippen molar-refractivity contribution in [3.05, 3.63) is 48.0 Å². The molecule has 2 aromatic carbocycles.